The molecule has 72 valence electrons. The van der Waals surface area contributed by atoms with Crippen molar-refractivity contribution in [2.24, 2.45) is 5.92 Å². The van der Waals surface area contributed by atoms with Crippen molar-refractivity contribution in [1.29, 1.82) is 0 Å². The van der Waals surface area contributed by atoms with Crippen molar-refractivity contribution in [2.45, 2.75) is 32.7 Å². The Labute approximate surface area is 84.2 Å². The Kier molecular flexibility index (Phi) is 2.70. The molecule has 13 heavy (non-hydrogen) atoms. The number of hydrogen-bond donors (Lipinski definition) is 1. The highest BCUT2D eigenvalue weighted by Gasteiger charge is 2.20. The lowest BCUT2D eigenvalue weighted by Gasteiger charge is -2.25. The largest absolute Gasteiger partial charge is 0.310 e. The Hall–Kier alpha value is -0.340. The van der Waals surface area contributed by atoms with Gasteiger partial charge in [-0.15, -0.1) is 11.3 Å². The molecule has 2 rings (SSSR count). The van der Waals surface area contributed by atoms with Crippen molar-refractivity contribution in [3.63, 3.8) is 0 Å². The zero-order chi connectivity index (χ0) is 9.26. The van der Waals surface area contributed by atoms with E-state index in [1.54, 1.807) is 10.4 Å². The van der Waals surface area contributed by atoms with Crippen LogP contribution in [-0.2, 0) is 6.42 Å². The van der Waals surface area contributed by atoms with Gasteiger partial charge in [-0.2, -0.15) is 0 Å². The van der Waals surface area contributed by atoms with Crippen LogP contribution in [0, 0.1) is 5.92 Å². The first-order valence-corrected chi connectivity index (χ1v) is 5.95. The lowest BCUT2D eigenvalue weighted by Crippen LogP contribution is -2.29. The molecule has 2 heterocycles. The number of fused-ring (bicyclic) bond motifs is 1. The Bertz CT molecular complexity index is 277. The lowest BCUT2D eigenvalue weighted by atomic mass is 9.94. The Morgan fingerprint density at radius 2 is 2.46 bits per heavy atom. The summed E-state index contributed by atoms with van der Waals surface area (Å²) in [7, 11) is 0. The lowest BCUT2D eigenvalue weighted by molar-refractivity contribution is 0.417. The molecular formula is C11H17NS. The molecule has 0 saturated heterocycles. The molecule has 1 unspecified atom stereocenters. The van der Waals surface area contributed by atoms with E-state index in [0.29, 0.717) is 6.04 Å². The molecule has 1 aliphatic rings. The van der Waals surface area contributed by atoms with E-state index in [0.717, 1.165) is 12.5 Å². The SMILES string of the molecule is CC(C)CC1NCCc2sccc21. The van der Waals surface area contributed by atoms with Crippen LogP contribution in [0.25, 0.3) is 0 Å². The van der Waals surface area contributed by atoms with Crippen LogP contribution in [0.4, 0.5) is 0 Å². The summed E-state index contributed by atoms with van der Waals surface area (Å²) in [5, 5.41) is 5.83. The summed E-state index contributed by atoms with van der Waals surface area (Å²) in [5.41, 5.74) is 1.56. The van der Waals surface area contributed by atoms with E-state index in [-0.39, 0.29) is 0 Å². The summed E-state index contributed by atoms with van der Waals surface area (Å²) in [4.78, 5) is 1.60. The van der Waals surface area contributed by atoms with Crippen LogP contribution in [0.5, 0.6) is 0 Å². The average molecular weight is 195 g/mol. The maximum absolute atomic E-state index is 3.60. The molecule has 0 radical (unpaired) electrons. The van der Waals surface area contributed by atoms with Crippen molar-refractivity contribution in [2.75, 3.05) is 6.54 Å². The van der Waals surface area contributed by atoms with Gasteiger partial charge in [-0.05, 0) is 35.8 Å². The average Bonchev–Trinajstić information content (AvgIpc) is 2.51. The van der Waals surface area contributed by atoms with Crippen LogP contribution >= 0.6 is 11.3 Å². The third-order valence-electron chi connectivity index (χ3n) is 2.61. The van der Waals surface area contributed by atoms with Crippen LogP contribution in [0.2, 0.25) is 0 Å². The van der Waals surface area contributed by atoms with Gasteiger partial charge in [0, 0.05) is 17.5 Å². The summed E-state index contributed by atoms with van der Waals surface area (Å²) in [5.74, 6) is 0.781. The van der Waals surface area contributed by atoms with E-state index < -0.39 is 0 Å². The highest BCUT2D eigenvalue weighted by atomic mass is 32.1. The molecule has 0 spiro atoms. The van der Waals surface area contributed by atoms with Gasteiger partial charge in [0.1, 0.15) is 0 Å². The van der Waals surface area contributed by atoms with Crippen molar-refractivity contribution in [3.05, 3.63) is 21.9 Å². The fourth-order valence-electron chi connectivity index (χ4n) is 2.02. The van der Waals surface area contributed by atoms with Crippen molar-refractivity contribution >= 4 is 11.3 Å². The number of thiophene rings is 1. The van der Waals surface area contributed by atoms with Gasteiger partial charge in [-0.25, -0.2) is 0 Å². The minimum atomic E-state index is 0.620. The van der Waals surface area contributed by atoms with E-state index in [4.69, 9.17) is 0 Å². The quantitative estimate of drug-likeness (QED) is 0.765. The van der Waals surface area contributed by atoms with Crippen LogP contribution in [0.3, 0.4) is 0 Å². The molecule has 1 aromatic rings. The van der Waals surface area contributed by atoms with E-state index in [9.17, 15) is 0 Å². The van der Waals surface area contributed by atoms with Crippen LogP contribution < -0.4 is 5.32 Å². The third-order valence-corrected chi connectivity index (χ3v) is 3.60. The van der Waals surface area contributed by atoms with Gasteiger partial charge in [-0.3, -0.25) is 0 Å². The summed E-state index contributed by atoms with van der Waals surface area (Å²) >= 11 is 1.92. The van der Waals surface area contributed by atoms with Gasteiger partial charge in [0.15, 0.2) is 0 Å². The fourth-order valence-corrected chi connectivity index (χ4v) is 2.96. The van der Waals surface area contributed by atoms with Crippen molar-refractivity contribution < 1.29 is 0 Å². The smallest absolute Gasteiger partial charge is 0.0333 e. The zero-order valence-corrected chi connectivity index (χ0v) is 9.16. The van der Waals surface area contributed by atoms with Crippen LogP contribution in [0.15, 0.2) is 11.4 Å². The number of nitrogens with one attached hydrogen (secondary N) is 1. The Balaban J connectivity index is 2.15. The van der Waals surface area contributed by atoms with E-state index in [1.165, 1.54) is 12.8 Å². The molecular weight excluding hydrogens is 178 g/mol. The summed E-state index contributed by atoms with van der Waals surface area (Å²) < 4.78 is 0. The standard InChI is InChI=1S/C11H17NS/c1-8(2)7-10-9-4-6-13-11(9)3-5-12-10/h4,6,8,10,12H,3,5,7H2,1-2H3. The van der Waals surface area contributed by atoms with Crippen molar-refractivity contribution in [1.82, 2.24) is 5.32 Å². The molecule has 2 heteroatoms. The van der Waals surface area contributed by atoms with Gasteiger partial charge < -0.3 is 5.32 Å². The minimum Gasteiger partial charge on any atom is -0.310 e. The predicted molar refractivity (Wildman–Crippen MR) is 58.2 cm³/mol. The molecule has 1 atom stereocenters. The Morgan fingerprint density at radius 3 is 3.23 bits per heavy atom. The third kappa shape index (κ3) is 1.94. The van der Waals surface area contributed by atoms with Crippen LogP contribution in [0.1, 0.15) is 36.8 Å². The minimum absolute atomic E-state index is 0.620. The number of hydrogen-bond acceptors (Lipinski definition) is 2. The maximum atomic E-state index is 3.60. The summed E-state index contributed by atoms with van der Waals surface area (Å²) in [6.45, 7) is 5.75. The highest BCUT2D eigenvalue weighted by molar-refractivity contribution is 7.10. The summed E-state index contributed by atoms with van der Waals surface area (Å²) in [6.07, 6.45) is 2.49. The first-order chi connectivity index (χ1) is 6.27. The maximum Gasteiger partial charge on any atom is 0.0333 e. The molecule has 0 aliphatic carbocycles. The van der Waals surface area contributed by atoms with Gasteiger partial charge >= 0.3 is 0 Å². The molecule has 1 nitrogen and oxygen atoms in total. The van der Waals surface area contributed by atoms with Crippen LogP contribution in [-0.4, -0.2) is 6.54 Å². The first kappa shape index (κ1) is 9.22. The Morgan fingerprint density at radius 1 is 1.62 bits per heavy atom. The fraction of sp³-hybridized carbons (Fsp3) is 0.636. The second-order valence-corrected chi connectivity index (χ2v) is 5.19. The van der Waals surface area contributed by atoms with Gasteiger partial charge in [0.25, 0.3) is 0 Å². The second kappa shape index (κ2) is 3.81. The number of rotatable bonds is 2. The second-order valence-electron chi connectivity index (χ2n) is 4.19. The van der Waals surface area contributed by atoms with E-state index in [2.05, 4.69) is 30.6 Å². The zero-order valence-electron chi connectivity index (χ0n) is 8.34. The van der Waals surface area contributed by atoms with Gasteiger partial charge in [-0.1, -0.05) is 13.8 Å². The monoisotopic (exact) mass is 195 g/mol. The molecule has 0 saturated carbocycles. The molecule has 0 amide bonds. The van der Waals surface area contributed by atoms with E-state index in [1.807, 2.05) is 11.3 Å². The van der Waals surface area contributed by atoms with Crippen molar-refractivity contribution in [3.8, 4) is 0 Å². The normalized spacial score (nSPS) is 21.9. The molecule has 0 aromatic carbocycles. The molecule has 1 N–H and O–H groups in total. The van der Waals surface area contributed by atoms with Gasteiger partial charge in [0.05, 0.1) is 0 Å². The first-order valence-electron chi connectivity index (χ1n) is 5.07. The topological polar surface area (TPSA) is 12.0 Å². The molecule has 0 fully saturated rings. The molecule has 0 bridgehead atoms. The highest BCUT2D eigenvalue weighted by Crippen LogP contribution is 2.31. The molecule has 1 aliphatic heterocycles. The summed E-state index contributed by atoms with van der Waals surface area (Å²) in [6, 6.07) is 2.91. The van der Waals surface area contributed by atoms with E-state index >= 15 is 0 Å². The predicted octanol–water partition coefficient (Wildman–Crippen LogP) is 2.98. The molecule has 1 aromatic heterocycles. The van der Waals surface area contributed by atoms with Gasteiger partial charge in [0.2, 0.25) is 0 Å².